The van der Waals surface area contributed by atoms with E-state index in [0.717, 1.165) is 76.0 Å². The third-order valence-electron chi connectivity index (χ3n) is 7.75. The molecule has 0 aromatic carbocycles. The quantitative estimate of drug-likeness (QED) is 0.258. The first kappa shape index (κ1) is 35.0. The molecule has 3 heterocycles. The van der Waals surface area contributed by atoms with Crippen LogP contribution in [0.3, 0.4) is 0 Å². The van der Waals surface area contributed by atoms with Gasteiger partial charge in [-0.25, -0.2) is 9.97 Å². The number of aromatic nitrogens is 3. The standard InChI is InChI=1S/C34H58N6O3/c1-31(2,3)28-24-36-29(25-35-28)40-18-16-39(17-19-40)20-22-43-34(9,10)14-13-33(7,8)26-42-27-11-12-30(37-23-27)41-21-15-38-32(4,5)6/h11-12,23-25,38H,13-22,26H2,1-10H3. The zero-order chi connectivity index (χ0) is 31.7. The molecule has 9 nitrogen and oxygen atoms in total. The molecule has 0 unspecified atom stereocenters. The maximum Gasteiger partial charge on any atom is 0.213 e. The highest BCUT2D eigenvalue weighted by Crippen LogP contribution is 2.29. The van der Waals surface area contributed by atoms with Gasteiger partial charge in [0.15, 0.2) is 0 Å². The van der Waals surface area contributed by atoms with E-state index in [1.165, 1.54) is 0 Å². The predicted molar refractivity (Wildman–Crippen MR) is 175 cm³/mol. The summed E-state index contributed by atoms with van der Waals surface area (Å²) in [6, 6.07) is 3.80. The van der Waals surface area contributed by atoms with Crippen molar-refractivity contribution in [2.45, 2.75) is 98.6 Å². The molecule has 2 aromatic heterocycles. The minimum absolute atomic E-state index is 0.0126. The fraction of sp³-hybridized carbons (Fsp3) is 0.735. The van der Waals surface area contributed by atoms with E-state index in [2.05, 4.69) is 99.3 Å². The van der Waals surface area contributed by atoms with Crippen molar-refractivity contribution in [2.75, 3.05) is 64.0 Å². The molecule has 242 valence electrons. The van der Waals surface area contributed by atoms with E-state index in [-0.39, 0.29) is 22.0 Å². The Bertz CT molecular complexity index is 1080. The van der Waals surface area contributed by atoms with E-state index < -0.39 is 0 Å². The van der Waals surface area contributed by atoms with Crippen LogP contribution in [-0.2, 0) is 10.2 Å². The van der Waals surface area contributed by atoms with Crippen LogP contribution in [0, 0.1) is 5.41 Å². The Morgan fingerprint density at radius 3 is 2.07 bits per heavy atom. The summed E-state index contributed by atoms with van der Waals surface area (Å²) in [5, 5.41) is 3.41. The molecule has 0 saturated carbocycles. The highest BCUT2D eigenvalue weighted by atomic mass is 16.5. The second kappa shape index (κ2) is 15.0. The number of piperazine rings is 1. The van der Waals surface area contributed by atoms with Gasteiger partial charge < -0.3 is 24.4 Å². The molecule has 0 atom stereocenters. The third-order valence-corrected chi connectivity index (χ3v) is 7.75. The topological polar surface area (TPSA) is 84.9 Å². The first-order chi connectivity index (χ1) is 20.0. The summed E-state index contributed by atoms with van der Waals surface area (Å²) in [6.07, 6.45) is 7.55. The maximum atomic E-state index is 6.37. The molecule has 3 rings (SSSR count). The monoisotopic (exact) mass is 598 g/mol. The zero-order valence-corrected chi connectivity index (χ0v) is 28.6. The number of hydrogen-bond donors (Lipinski definition) is 1. The van der Waals surface area contributed by atoms with E-state index >= 15 is 0 Å². The summed E-state index contributed by atoms with van der Waals surface area (Å²) in [5.74, 6) is 2.35. The highest BCUT2D eigenvalue weighted by Gasteiger charge is 2.27. The van der Waals surface area contributed by atoms with Crippen molar-refractivity contribution < 1.29 is 14.2 Å². The van der Waals surface area contributed by atoms with Crippen molar-refractivity contribution in [3.8, 4) is 11.6 Å². The number of nitrogens with zero attached hydrogens (tertiary/aromatic N) is 5. The van der Waals surface area contributed by atoms with Crippen LogP contribution in [0.4, 0.5) is 5.82 Å². The molecule has 2 aromatic rings. The average Bonchev–Trinajstić information content (AvgIpc) is 2.93. The minimum Gasteiger partial charge on any atom is -0.491 e. The van der Waals surface area contributed by atoms with Gasteiger partial charge in [-0.3, -0.25) is 9.88 Å². The second-order valence-corrected chi connectivity index (χ2v) is 15.3. The Labute approximate surface area is 261 Å². The van der Waals surface area contributed by atoms with Gasteiger partial charge in [0.1, 0.15) is 18.2 Å². The normalized spacial score (nSPS) is 15.5. The summed E-state index contributed by atoms with van der Waals surface area (Å²) in [7, 11) is 0. The molecule has 9 heteroatoms. The van der Waals surface area contributed by atoms with Crippen molar-refractivity contribution in [1.82, 2.24) is 25.2 Å². The van der Waals surface area contributed by atoms with Crippen LogP contribution in [0.1, 0.15) is 87.8 Å². The Kier molecular flexibility index (Phi) is 12.2. The Balaban J connectivity index is 1.31. The van der Waals surface area contributed by atoms with Gasteiger partial charge >= 0.3 is 0 Å². The van der Waals surface area contributed by atoms with E-state index in [1.54, 1.807) is 6.20 Å². The second-order valence-electron chi connectivity index (χ2n) is 15.3. The molecule has 1 aliphatic heterocycles. The van der Waals surface area contributed by atoms with E-state index in [0.29, 0.717) is 19.1 Å². The summed E-state index contributed by atoms with van der Waals surface area (Å²) in [5.41, 5.74) is 0.950. The van der Waals surface area contributed by atoms with Crippen LogP contribution in [0.5, 0.6) is 11.6 Å². The van der Waals surface area contributed by atoms with Crippen molar-refractivity contribution >= 4 is 5.82 Å². The predicted octanol–water partition coefficient (Wildman–Crippen LogP) is 5.74. The molecule has 0 aliphatic carbocycles. The molecule has 1 N–H and O–H groups in total. The molecule has 43 heavy (non-hydrogen) atoms. The molecule has 0 radical (unpaired) electrons. The van der Waals surface area contributed by atoms with E-state index in [1.807, 2.05) is 24.5 Å². The Hall–Kier alpha value is -2.49. The van der Waals surface area contributed by atoms with Gasteiger partial charge in [-0.05, 0) is 58.9 Å². The van der Waals surface area contributed by atoms with Gasteiger partial charge in [-0.15, -0.1) is 0 Å². The molecule has 0 spiro atoms. The summed E-state index contributed by atoms with van der Waals surface area (Å²) < 4.78 is 18.2. The SMILES string of the molecule is CC(C)(CCC(C)(C)OCCN1CCN(c2cnc(C(C)(C)C)cn2)CC1)COc1ccc(OCCNC(C)(C)C)nc1. The molecular formula is C34H58N6O3. The molecule has 1 aliphatic rings. The van der Waals surface area contributed by atoms with Gasteiger partial charge in [0.25, 0.3) is 0 Å². The van der Waals surface area contributed by atoms with Crippen molar-refractivity contribution in [3.05, 3.63) is 36.4 Å². The van der Waals surface area contributed by atoms with Gasteiger partial charge in [0, 0.05) is 56.3 Å². The number of rotatable bonds is 15. The van der Waals surface area contributed by atoms with Crippen LogP contribution < -0.4 is 19.7 Å². The van der Waals surface area contributed by atoms with Crippen LogP contribution in [-0.4, -0.2) is 90.1 Å². The van der Waals surface area contributed by atoms with Crippen molar-refractivity contribution in [3.63, 3.8) is 0 Å². The number of hydrogen-bond acceptors (Lipinski definition) is 9. The zero-order valence-electron chi connectivity index (χ0n) is 28.6. The lowest BCUT2D eigenvalue weighted by atomic mass is 9.85. The van der Waals surface area contributed by atoms with Gasteiger partial charge in [0.05, 0.1) is 43.1 Å². The first-order valence-corrected chi connectivity index (χ1v) is 15.9. The Morgan fingerprint density at radius 2 is 1.49 bits per heavy atom. The van der Waals surface area contributed by atoms with E-state index in [4.69, 9.17) is 14.2 Å². The van der Waals surface area contributed by atoms with Gasteiger partial charge in [0.2, 0.25) is 5.88 Å². The Morgan fingerprint density at radius 1 is 0.767 bits per heavy atom. The summed E-state index contributed by atoms with van der Waals surface area (Å²) >= 11 is 0. The molecular weight excluding hydrogens is 540 g/mol. The third kappa shape index (κ3) is 13.0. The van der Waals surface area contributed by atoms with Gasteiger partial charge in [-0.2, -0.15) is 0 Å². The van der Waals surface area contributed by atoms with Crippen LogP contribution in [0.25, 0.3) is 0 Å². The summed E-state index contributed by atoms with van der Waals surface area (Å²) in [6.45, 7) is 29.4. The number of ether oxygens (including phenoxy) is 3. The van der Waals surface area contributed by atoms with Gasteiger partial charge in [-0.1, -0.05) is 34.6 Å². The van der Waals surface area contributed by atoms with E-state index in [9.17, 15) is 0 Å². The summed E-state index contributed by atoms with van der Waals surface area (Å²) in [4.78, 5) is 18.5. The number of nitrogens with one attached hydrogen (secondary N) is 1. The molecule has 1 fully saturated rings. The molecule has 0 amide bonds. The van der Waals surface area contributed by atoms with Crippen LogP contribution >= 0.6 is 0 Å². The smallest absolute Gasteiger partial charge is 0.213 e. The molecule has 1 saturated heterocycles. The largest absolute Gasteiger partial charge is 0.491 e. The average molecular weight is 599 g/mol. The van der Waals surface area contributed by atoms with Crippen LogP contribution in [0.15, 0.2) is 30.7 Å². The van der Waals surface area contributed by atoms with Crippen LogP contribution in [0.2, 0.25) is 0 Å². The van der Waals surface area contributed by atoms with Crippen molar-refractivity contribution in [2.24, 2.45) is 5.41 Å². The first-order valence-electron chi connectivity index (χ1n) is 15.9. The number of pyridine rings is 1. The lowest BCUT2D eigenvalue weighted by Gasteiger charge is -2.36. The lowest BCUT2D eigenvalue weighted by Crippen LogP contribution is -2.48. The van der Waals surface area contributed by atoms with Crippen molar-refractivity contribution in [1.29, 1.82) is 0 Å². The number of anilines is 1. The fourth-order valence-corrected chi connectivity index (χ4v) is 4.71. The highest BCUT2D eigenvalue weighted by molar-refractivity contribution is 5.37. The fourth-order valence-electron chi connectivity index (χ4n) is 4.71. The maximum absolute atomic E-state index is 6.37. The lowest BCUT2D eigenvalue weighted by molar-refractivity contribution is -0.0404. The minimum atomic E-state index is -0.189. The molecule has 0 bridgehead atoms.